The number of benzene rings is 1. The normalized spacial score (nSPS) is 17.3. The zero-order chi connectivity index (χ0) is 20.2. The van der Waals surface area contributed by atoms with Crippen LogP contribution in [0.3, 0.4) is 0 Å². The number of hydrogen-bond acceptors (Lipinski definition) is 6. The molecule has 0 spiro atoms. The standard InChI is InChI=1S/C16H20F3N3O5/c1-10(13(23)14(24)20-26)15(25)22-8-6-21(7-9-22)11-2-4-12(5-3-11)27-16(17,18)19/h2-5,10,13,23,26H,6-9H2,1H3,(H,20,24)/t10-,13?/m0/s1. The van der Waals surface area contributed by atoms with Gasteiger partial charge >= 0.3 is 6.36 Å². The molecule has 1 fully saturated rings. The van der Waals surface area contributed by atoms with Gasteiger partial charge in [0, 0.05) is 31.9 Å². The van der Waals surface area contributed by atoms with Crippen molar-refractivity contribution in [1.82, 2.24) is 10.4 Å². The van der Waals surface area contributed by atoms with E-state index >= 15 is 0 Å². The number of aliphatic hydroxyl groups excluding tert-OH is 1. The van der Waals surface area contributed by atoms with E-state index in [1.54, 1.807) is 0 Å². The molecule has 1 aromatic rings. The van der Waals surface area contributed by atoms with E-state index in [4.69, 9.17) is 5.21 Å². The second-order valence-electron chi connectivity index (χ2n) is 6.06. The Morgan fingerprint density at radius 2 is 1.70 bits per heavy atom. The second kappa shape index (κ2) is 8.44. The highest BCUT2D eigenvalue weighted by Crippen LogP contribution is 2.26. The van der Waals surface area contributed by atoms with E-state index in [-0.39, 0.29) is 5.75 Å². The monoisotopic (exact) mass is 391 g/mol. The smallest absolute Gasteiger partial charge is 0.406 e. The maximum Gasteiger partial charge on any atom is 0.573 e. The lowest BCUT2D eigenvalue weighted by molar-refractivity contribution is -0.274. The summed E-state index contributed by atoms with van der Waals surface area (Å²) >= 11 is 0. The Labute approximate surface area is 153 Å². The van der Waals surface area contributed by atoms with Crippen LogP contribution in [0.1, 0.15) is 6.92 Å². The van der Waals surface area contributed by atoms with Gasteiger partial charge in [0.1, 0.15) is 11.9 Å². The molecule has 1 aromatic carbocycles. The third kappa shape index (κ3) is 5.47. The number of nitrogens with zero attached hydrogens (tertiary/aromatic N) is 2. The number of carbonyl (C=O) groups is 2. The Balaban J connectivity index is 1.91. The lowest BCUT2D eigenvalue weighted by Gasteiger charge is -2.37. The fraction of sp³-hybridized carbons (Fsp3) is 0.500. The molecule has 150 valence electrons. The molecule has 0 radical (unpaired) electrons. The molecule has 8 nitrogen and oxygen atoms in total. The summed E-state index contributed by atoms with van der Waals surface area (Å²) in [6.45, 7) is 2.88. The van der Waals surface area contributed by atoms with E-state index in [0.29, 0.717) is 31.9 Å². The molecule has 0 aliphatic carbocycles. The molecule has 1 aliphatic rings. The molecule has 0 bridgehead atoms. The van der Waals surface area contributed by atoms with Gasteiger partial charge in [0.05, 0.1) is 5.92 Å². The maximum atomic E-state index is 12.3. The lowest BCUT2D eigenvalue weighted by Crippen LogP contribution is -2.52. The van der Waals surface area contributed by atoms with Crippen LogP contribution < -0.4 is 15.1 Å². The molecule has 2 atom stereocenters. The summed E-state index contributed by atoms with van der Waals surface area (Å²) < 4.78 is 40.4. The van der Waals surface area contributed by atoms with Crippen LogP contribution in [-0.4, -0.2) is 65.7 Å². The molecule has 1 saturated heterocycles. The minimum atomic E-state index is -4.75. The molecule has 0 saturated carbocycles. The number of aliphatic hydroxyl groups is 1. The summed E-state index contributed by atoms with van der Waals surface area (Å²) in [6, 6.07) is 5.42. The number of carbonyl (C=O) groups excluding carboxylic acids is 2. The maximum absolute atomic E-state index is 12.3. The van der Waals surface area contributed by atoms with Crippen molar-refractivity contribution >= 4 is 17.5 Å². The van der Waals surface area contributed by atoms with Gasteiger partial charge in [0.25, 0.3) is 5.91 Å². The van der Waals surface area contributed by atoms with E-state index in [1.165, 1.54) is 41.6 Å². The van der Waals surface area contributed by atoms with Gasteiger partial charge in [-0.2, -0.15) is 0 Å². The summed E-state index contributed by atoms with van der Waals surface area (Å²) in [5.41, 5.74) is 1.99. The quantitative estimate of drug-likeness (QED) is 0.505. The number of hydroxylamine groups is 1. The van der Waals surface area contributed by atoms with Crippen LogP contribution in [0.25, 0.3) is 0 Å². The van der Waals surface area contributed by atoms with Crippen molar-refractivity contribution in [3.8, 4) is 5.75 Å². The molecule has 11 heteroatoms. The predicted octanol–water partition coefficient (Wildman–Crippen LogP) is 0.736. The van der Waals surface area contributed by atoms with Gasteiger partial charge in [0.2, 0.25) is 5.91 Å². The molecule has 27 heavy (non-hydrogen) atoms. The topological polar surface area (TPSA) is 102 Å². The van der Waals surface area contributed by atoms with Gasteiger partial charge < -0.3 is 19.6 Å². The van der Waals surface area contributed by atoms with Gasteiger partial charge in [-0.25, -0.2) is 5.48 Å². The fourth-order valence-corrected chi connectivity index (χ4v) is 2.76. The molecule has 1 aliphatic heterocycles. The molecular weight excluding hydrogens is 371 g/mol. The zero-order valence-corrected chi connectivity index (χ0v) is 14.4. The number of nitrogens with one attached hydrogen (secondary N) is 1. The number of piperazine rings is 1. The van der Waals surface area contributed by atoms with Gasteiger partial charge in [-0.05, 0) is 24.3 Å². The Hall–Kier alpha value is -2.53. The Kier molecular flexibility index (Phi) is 6.50. The van der Waals surface area contributed by atoms with Crippen molar-refractivity contribution in [3.63, 3.8) is 0 Å². The van der Waals surface area contributed by atoms with Crippen LogP contribution in [0.5, 0.6) is 5.75 Å². The van der Waals surface area contributed by atoms with Gasteiger partial charge in [-0.15, -0.1) is 13.2 Å². The lowest BCUT2D eigenvalue weighted by atomic mass is 10.0. The Morgan fingerprint density at radius 3 is 2.19 bits per heavy atom. The molecule has 1 heterocycles. The van der Waals surface area contributed by atoms with E-state index in [9.17, 15) is 27.9 Å². The highest BCUT2D eigenvalue weighted by molar-refractivity contribution is 5.88. The number of halogens is 3. The fourth-order valence-electron chi connectivity index (χ4n) is 2.76. The van der Waals surface area contributed by atoms with Crippen molar-refractivity contribution in [2.75, 3.05) is 31.1 Å². The minimum Gasteiger partial charge on any atom is -0.406 e. The van der Waals surface area contributed by atoms with Crippen LogP contribution in [0.4, 0.5) is 18.9 Å². The SMILES string of the molecule is C[C@H](C(=O)N1CCN(c2ccc(OC(F)(F)F)cc2)CC1)C(O)C(=O)NO. The first-order valence-corrected chi connectivity index (χ1v) is 8.14. The summed E-state index contributed by atoms with van der Waals surface area (Å²) in [6.07, 6.45) is -6.41. The average Bonchev–Trinajstić information content (AvgIpc) is 2.65. The average molecular weight is 391 g/mol. The molecule has 3 N–H and O–H groups in total. The highest BCUT2D eigenvalue weighted by atomic mass is 19.4. The van der Waals surface area contributed by atoms with Crippen molar-refractivity contribution in [1.29, 1.82) is 0 Å². The van der Waals surface area contributed by atoms with Gasteiger partial charge in [0.15, 0.2) is 0 Å². The number of hydrogen-bond donors (Lipinski definition) is 3. The molecule has 2 rings (SSSR count). The molecular formula is C16H20F3N3O5. The van der Waals surface area contributed by atoms with E-state index < -0.39 is 30.2 Å². The summed E-state index contributed by atoms with van der Waals surface area (Å²) in [7, 11) is 0. The third-order valence-electron chi connectivity index (χ3n) is 4.27. The number of alkyl halides is 3. The van der Waals surface area contributed by atoms with E-state index in [2.05, 4.69) is 4.74 Å². The Bertz CT molecular complexity index is 660. The van der Waals surface area contributed by atoms with E-state index in [1.807, 2.05) is 4.90 Å². The first-order chi connectivity index (χ1) is 12.6. The van der Waals surface area contributed by atoms with Crippen LogP contribution >= 0.6 is 0 Å². The first-order valence-electron chi connectivity index (χ1n) is 8.14. The summed E-state index contributed by atoms with van der Waals surface area (Å²) in [5.74, 6) is -2.83. The first kappa shape index (κ1) is 20.8. The van der Waals surface area contributed by atoms with Crippen LogP contribution in [0.15, 0.2) is 24.3 Å². The Morgan fingerprint density at radius 1 is 1.15 bits per heavy atom. The van der Waals surface area contributed by atoms with Crippen LogP contribution in [0.2, 0.25) is 0 Å². The highest BCUT2D eigenvalue weighted by Gasteiger charge is 2.33. The summed E-state index contributed by atoms with van der Waals surface area (Å²) in [5, 5.41) is 18.2. The molecule has 2 amide bonds. The number of anilines is 1. The zero-order valence-electron chi connectivity index (χ0n) is 14.4. The molecule has 1 unspecified atom stereocenters. The summed E-state index contributed by atoms with van der Waals surface area (Å²) in [4.78, 5) is 26.9. The largest absolute Gasteiger partial charge is 0.573 e. The van der Waals surface area contributed by atoms with Crippen molar-refractivity contribution in [2.24, 2.45) is 5.92 Å². The number of ether oxygens (including phenoxy) is 1. The predicted molar refractivity (Wildman–Crippen MR) is 87.0 cm³/mol. The van der Waals surface area contributed by atoms with Crippen molar-refractivity contribution < 1.29 is 37.8 Å². The van der Waals surface area contributed by atoms with Crippen LogP contribution in [-0.2, 0) is 9.59 Å². The molecule has 0 aromatic heterocycles. The number of rotatable bonds is 5. The second-order valence-corrected chi connectivity index (χ2v) is 6.06. The van der Waals surface area contributed by atoms with Crippen molar-refractivity contribution in [2.45, 2.75) is 19.4 Å². The van der Waals surface area contributed by atoms with Crippen LogP contribution in [0, 0.1) is 5.92 Å². The van der Waals surface area contributed by atoms with Crippen molar-refractivity contribution in [3.05, 3.63) is 24.3 Å². The van der Waals surface area contributed by atoms with E-state index in [0.717, 1.165) is 0 Å². The number of amides is 2. The minimum absolute atomic E-state index is 0.315. The third-order valence-corrected chi connectivity index (χ3v) is 4.27. The van der Waals surface area contributed by atoms with Gasteiger partial charge in [-0.1, -0.05) is 6.92 Å². The van der Waals surface area contributed by atoms with Gasteiger partial charge in [-0.3, -0.25) is 14.8 Å².